The fourth-order valence-electron chi connectivity index (χ4n) is 3.70. The van der Waals surface area contributed by atoms with Crippen LogP contribution in [-0.4, -0.2) is 23.3 Å². The number of likely N-dealkylation sites (tertiary alicyclic amines) is 1. The van der Waals surface area contributed by atoms with Crippen LogP contribution in [0.1, 0.15) is 34.3 Å². The maximum Gasteiger partial charge on any atom is 0.255 e. The van der Waals surface area contributed by atoms with Crippen molar-refractivity contribution in [2.45, 2.75) is 19.4 Å². The number of halogens is 1. The van der Waals surface area contributed by atoms with Crippen LogP contribution in [0, 0.1) is 0 Å². The first-order chi connectivity index (χ1) is 15.5. The topological polar surface area (TPSA) is 75.4 Å². The summed E-state index contributed by atoms with van der Waals surface area (Å²) in [4.78, 5) is 27.4. The number of amides is 2. The highest BCUT2D eigenvalue weighted by molar-refractivity contribution is 9.10. The summed E-state index contributed by atoms with van der Waals surface area (Å²) in [5.74, 6) is -0.149. The van der Waals surface area contributed by atoms with Crippen LogP contribution in [0.2, 0.25) is 0 Å². The summed E-state index contributed by atoms with van der Waals surface area (Å²) >= 11 is 3.44. The van der Waals surface area contributed by atoms with Crippen LogP contribution in [0.25, 0.3) is 6.08 Å². The molecule has 2 amide bonds. The second-order valence-electron chi connectivity index (χ2n) is 7.79. The predicted molar refractivity (Wildman–Crippen MR) is 132 cm³/mol. The van der Waals surface area contributed by atoms with Gasteiger partial charge in [0.1, 0.15) is 0 Å². The Balaban J connectivity index is 1.41. The maximum atomic E-state index is 13.0. The van der Waals surface area contributed by atoms with Gasteiger partial charge >= 0.3 is 0 Å². The van der Waals surface area contributed by atoms with Crippen LogP contribution in [0.5, 0.6) is 0 Å². The number of nitrogens with two attached hydrogens (primary N) is 1. The molecule has 5 nitrogen and oxygen atoms in total. The Morgan fingerprint density at radius 2 is 1.75 bits per heavy atom. The minimum absolute atomic E-state index is 0.0699. The minimum atomic E-state index is -0.219. The van der Waals surface area contributed by atoms with Gasteiger partial charge in [0, 0.05) is 28.7 Å². The van der Waals surface area contributed by atoms with E-state index in [2.05, 4.69) is 21.2 Å². The summed E-state index contributed by atoms with van der Waals surface area (Å²) < 4.78 is 1.01. The molecule has 1 fully saturated rings. The summed E-state index contributed by atoms with van der Waals surface area (Å²) in [5.41, 5.74) is 10.4. The Morgan fingerprint density at radius 3 is 2.47 bits per heavy atom. The normalized spacial score (nSPS) is 15.1. The zero-order valence-corrected chi connectivity index (χ0v) is 19.1. The Hall–Kier alpha value is -3.38. The molecule has 0 radical (unpaired) electrons. The lowest BCUT2D eigenvalue weighted by molar-refractivity contribution is -0.129. The number of nitrogen functional groups attached to an aromatic ring is 1. The van der Waals surface area contributed by atoms with Crippen molar-refractivity contribution in [2.24, 2.45) is 0 Å². The van der Waals surface area contributed by atoms with Crippen molar-refractivity contribution < 1.29 is 9.59 Å². The number of hydrogen-bond acceptors (Lipinski definition) is 3. The fourth-order valence-corrected chi connectivity index (χ4v) is 3.97. The smallest absolute Gasteiger partial charge is 0.255 e. The van der Waals surface area contributed by atoms with E-state index in [-0.39, 0.29) is 11.8 Å². The predicted octanol–water partition coefficient (Wildman–Crippen LogP) is 5.49. The molecular formula is C26H24BrN3O2. The van der Waals surface area contributed by atoms with Crippen LogP contribution >= 0.6 is 15.9 Å². The molecule has 32 heavy (non-hydrogen) atoms. The summed E-state index contributed by atoms with van der Waals surface area (Å²) in [5, 5.41) is 2.83. The van der Waals surface area contributed by atoms with E-state index in [0.29, 0.717) is 23.5 Å². The van der Waals surface area contributed by atoms with Gasteiger partial charge in [-0.3, -0.25) is 9.59 Å². The average molecular weight is 490 g/mol. The van der Waals surface area contributed by atoms with Crippen molar-refractivity contribution in [3.05, 3.63) is 99.5 Å². The lowest BCUT2D eigenvalue weighted by Gasteiger charge is -2.28. The minimum Gasteiger partial charge on any atom is -0.397 e. The Bertz CT molecular complexity index is 1150. The van der Waals surface area contributed by atoms with Crippen molar-refractivity contribution in [2.75, 3.05) is 17.6 Å². The first-order valence-corrected chi connectivity index (χ1v) is 11.3. The van der Waals surface area contributed by atoms with Crippen LogP contribution in [0.4, 0.5) is 11.4 Å². The van der Waals surface area contributed by atoms with Gasteiger partial charge in [0.15, 0.2) is 0 Å². The second kappa shape index (κ2) is 9.83. The molecule has 0 unspecified atom stereocenters. The highest BCUT2D eigenvalue weighted by atomic mass is 79.9. The Morgan fingerprint density at radius 1 is 1.03 bits per heavy atom. The van der Waals surface area contributed by atoms with Crippen molar-refractivity contribution in [3.8, 4) is 0 Å². The highest BCUT2D eigenvalue weighted by Gasteiger charge is 2.23. The van der Waals surface area contributed by atoms with E-state index in [1.165, 1.54) is 0 Å². The molecule has 3 N–H and O–H groups in total. The van der Waals surface area contributed by atoms with Crippen molar-refractivity contribution in [3.63, 3.8) is 0 Å². The molecule has 0 bridgehead atoms. The molecule has 3 aromatic carbocycles. The zero-order chi connectivity index (χ0) is 22.5. The molecule has 0 aromatic heterocycles. The van der Waals surface area contributed by atoms with Gasteiger partial charge in [-0.2, -0.15) is 0 Å². The standard InChI is InChI=1S/C26H24BrN3O2/c27-22-13-9-18(10-14-22)16-21-4-3-15-30(26(21)32)17-19-7-11-20(12-8-19)25(31)29-24-6-2-1-5-23(24)28/h1-2,5-14,16H,3-4,15,17,28H2,(H,29,31)/b21-16+. The number of rotatable bonds is 5. The molecule has 1 saturated heterocycles. The van der Waals surface area contributed by atoms with E-state index in [1.54, 1.807) is 24.3 Å². The third-order valence-corrected chi connectivity index (χ3v) is 5.97. The third-order valence-electron chi connectivity index (χ3n) is 5.45. The number of para-hydroxylation sites is 2. The number of benzene rings is 3. The van der Waals surface area contributed by atoms with Gasteiger partial charge in [-0.15, -0.1) is 0 Å². The fraction of sp³-hybridized carbons (Fsp3) is 0.154. The number of hydrogen-bond donors (Lipinski definition) is 2. The van der Waals surface area contributed by atoms with E-state index in [4.69, 9.17) is 5.73 Å². The van der Waals surface area contributed by atoms with E-state index < -0.39 is 0 Å². The lowest BCUT2D eigenvalue weighted by atomic mass is 10.00. The number of carbonyl (C=O) groups excluding carboxylic acids is 2. The molecule has 0 saturated carbocycles. The molecule has 4 rings (SSSR count). The lowest BCUT2D eigenvalue weighted by Crippen LogP contribution is -2.36. The van der Waals surface area contributed by atoms with E-state index >= 15 is 0 Å². The van der Waals surface area contributed by atoms with Crippen molar-refractivity contribution in [1.29, 1.82) is 0 Å². The summed E-state index contributed by atoms with van der Waals surface area (Å²) in [6.07, 6.45) is 3.70. The van der Waals surface area contributed by atoms with Gasteiger partial charge in [0.25, 0.3) is 5.91 Å². The van der Waals surface area contributed by atoms with Crippen molar-refractivity contribution in [1.82, 2.24) is 4.90 Å². The third kappa shape index (κ3) is 5.26. The Kier molecular flexibility index (Phi) is 6.71. The van der Waals surface area contributed by atoms with E-state index in [0.717, 1.165) is 40.6 Å². The van der Waals surface area contributed by atoms with Gasteiger partial charge in [-0.05, 0) is 66.4 Å². The molecule has 0 atom stereocenters. The number of nitrogens with zero attached hydrogens (tertiary/aromatic N) is 1. The summed E-state index contributed by atoms with van der Waals surface area (Å²) in [7, 11) is 0. The van der Waals surface area contributed by atoms with E-state index in [1.807, 2.05) is 59.5 Å². The first kappa shape index (κ1) is 21.8. The van der Waals surface area contributed by atoms with Gasteiger partial charge in [0.05, 0.1) is 11.4 Å². The number of piperidine rings is 1. The Labute approximate surface area is 196 Å². The van der Waals surface area contributed by atoms with Gasteiger partial charge in [-0.25, -0.2) is 0 Å². The van der Waals surface area contributed by atoms with Crippen LogP contribution < -0.4 is 11.1 Å². The molecule has 1 heterocycles. The quantitative estimate of drug-likeness (QED) is 0.367. The van der Waals surface area contributed by atoms with Gasteiger partial charge in [0.2, 0.25) is 5.91 Å². The zero-order valence-electron chi connectivity index (χ0n) is 17.6. The number of anilines is 2. The van der Waals surface area contributed by atoms with Crippen LogP contribution in [-0.2, 0) is 11.3 Å². The monoisotopic (exact) mass is 489 g/mol. The van der Waals surface area contributed by atoms with E-state index in [9.17, 15) is 9.59 Å². The largest absolute Gasteiger partial charge is 0.397 e. The molecule has 3 aromatic rings. The molecule has 1 aliphatic rings. The summed E-state index contributed by atoms with van der Waals surface area (Å²) in [6.45, 7) is 1.25. The molecule has 0 spiro atoms. The van der Waals surface area contributed by atoms with Gasteiger partial charge in [-0.1, -0.05) is 52.3 Å². The average Bonchev–Trinajstić information content (AvgIpc) is 2.80. The van der Waals surface area contributed by atoms with Crippen LogP contribution in [0.15, 0.2) is 82.8 Å². The molecule has 0 aliphatic carbocycles. The number of nitrogens with one attached hydrogen (secondary N) is 1. The molecule has 6 heteroatoms. The maximum absolute atomic E-state index is 13.0. The summed E-state index contributed by atoms with van der Waals surface area (Å²) in [6, 6.07) is 22.4. The molecule has 162 valence electrons. The number of carbonyl (C=O) groups is 2. The molecular weight excluding hydrogens is 466 g/mol. The van der Waals surface area contributed by atoms with Gasteiger partial charge < -0.3 is 16.0 Å². The first-order valence-electron chi connectivity index (χ1n) is 10.5. The second-order valence-corrected chi connectivity index (χ2v) is 8.71. The highest BCUT2D eigenvalue weighted by Crippen LogP contribution is 2.23. The molecule has 1 aliphatic heterocycles. The SMILES string of the molecule is Nc1ccccc1NC(=O)c1ccc(CN2CCC/C(=C\c3ccc(Br)cc3)C2=O)cc1. The van der Waals surface area contributed by atoms with Crippen molar-refractivity contribution >= 4 is 45.2 Å². The van der Waals surface area contributed by atoms with Crippen LogP contribution in [0.3, 0.4) is 0 Å².